The summed E-state index contributed by atoms with van der Waals surface area (Å²) in [6, 6.07) is 0. The molecule has 0 aromatic heterocycles. The summed E-state index contributed by atoms with van der Waals surface area (Å²) in [5.41, 5.74) is 0. The normalized spacial score (nSPS) is 13.7. The van der Waals surface area contributed by atoms with Gasteiger partial charge in [0.25, 0.3) is 0 Å². The van der Waals surface area contributed by atoms with Crippen LogP contribution in [0.5, 0.6) is 0 Å². The second-order valence-corrected chi connectivity index (χ2v) is 15.5. The molecule has 0 rings (SSSR count). The topological polar surface area (TPSA) is 20.2 Å². The van der Waals surface area contributed by atoms with Crippen LogP contribution in [0.15, 0.2) is 0 Å². The first-order valence-corrected chi connectivity index (χ1v) is 15.2. The molecule has 0 radical (unpaired) electrons. The first kappa shape index (κ1) is 20.5. The van der Waals surface area contributed by atoms with Gasteiger partial charge in [-0.15, -0.1) is 0 Å². The average molecular weight is 465 g/mol. The van der Waals surface area contributed by atoms with E-state index in [0.29, 0.717) is 47.0 Å². The molecule has 1 unspecified atom stereocenters. The summed E-state index contributed by atoms with van der Waals surface area (Å²) in [6.45, 7) is 2.27. The SMILES string of the molecule is CCCCCCCCCCC(O)C([Se]C)([Se]C)[Se]C. The standard InChI is InChI=1S/C15H32OSe3/c1-5-6-7-8-9-10-11-12-13-14(16)15(17-2,18-3)19-4/h14,16H,5-13H2,1-4H3. The van der Waals surface area contributed by atoms with Gasteiger partial charge >= 0.3 is 140 Å². The Morgan fingerprint density at radius 3 is 1.63 bits per heavy atom. The Bertz CT molecular complexity index is 188. The van der Waals surface area contributed by atoms with Crippen LogP contribution in [0, 0.1) is 0 Å². The van der Waals surface area contributed by atoms with Gasteiger partial charge in [0.15, 0.2) is 0 Å². The molecule has 0 fully saturated rings. The summed E-state index contributed by atoms with van der Waals surface area (Å²) in [7, 11) is 0. The van der Waals surface area contributed by atoms with Gasteiger partial charge in [-0.3, -0.25) is 0 Å². The Labute approximate surface area is 139 Å². The maximum absolute atomic E-state index is 10.5. The molecular formula is C15H32OSe3. The van der Waals surface area contributed by atoms with E-state index < -0.39 is 0 Å². The van der Waals surface area contributed by atoms with Crippen LogP contribution in [0.1, 0.15) is 64.7 Å². The zero-order valence-electron chi connectivity index (χ0n) is 13.1. The van der Waals surface area contributed by atoms with Gasteiger partial charge in [0.05, 0.1) is 0 Å². The zero-order chi connectivity index (χ0) is 14.6. The van der Waals surface area contributed by atoms with Crippen LogP contribution in [0.4, 0.5) is 0 Å². The molecule has 0 bridgehead atoms. The molecule has 4 heteroatoms. The molecule has 0 amide bonds. The van der Waals surface area contributed by atoms with Crippen molar-refractivity contribution in [2.45, 2.75) is 90.4 Å². The Balaban J connectivity index is 3.64. The Hall–Kier alpha value is 1.52. The van der Waals surface area contributed by atoms with Crippen molar-refractivity contribution in [1.29, 1.82) is 0 Å². The first-order valence-electron chi connectivity index (χ1n) is 7.50. The quantitative estimate of drug-likeness (QED) is 0.319. The minimum atomic E-state index is -0.00686. The van der Waals surface area contributed by atoms with E-state index in [-0.39, 0.29) is 6.10 Å². The van der Waals surface area contributed by atoms with Crippen LogP contribution in [0.25, 0.3) is 0 Å². The van der Waals surface area contributed by atoms with E-state index in [4.69, 9.17) is 0 Å². The molecule has 0 heterocycles. The van der Waals surface area contributed by atoms with E-state index in [0.717, 1.165) is 6.42 Å². The predicted octanol–water partition coefficient (Wildman–Crippen LogP) is 4.21. The van der Waals surface area contributed by atoms with Gasteiger partial charge in [-0.05, 0) is 0 Å². The molecule has 0 aliphatic carbocycles. The van der Waals surface area contributed by atoms with Crippen LogP contribution in [-0.2, 0) is 0 Å². The second kappa shape index (κ2) is 13.2. The van der Waals surface area contributed by atoms with Gasteiger partial charge in [0, 0.05) is 0 Å². The minimum absolute atomic E-state index is 0.00686. The van der Waals surface area contributed by atoms with Crippen molar-refractivity contribution in [3.8, 4) is 0 Å². The van der Waals surface area contributed by atoms with E-state index in [1.165, 1.54) is 51.4 Å². The van der Waals surface area contributed by atoms with Gasteiger partial charge < -0.3 is 0 Å². The predicted molar refractivity (Wildman–Crippen MR) is 90.8 cm³/mol. The number of hydrogen-bond donors (Lipinski definition) is 1. The van der Waals surface area contributed by atoms with E-state index in [9.17, 15) is 5.11 Å². The second-order valence-electron chi connectivity index (χ2n) is 5.00. The molecule has 0 saturated heterocycles. The van der Waals surface area contributed by atoms with Crippen molar-refractivity contribution in [2.75, 3.05) is 0 Å². The van der Waals surface area contributed by atoms with Gasteiger partial charge in [0.1, 0.15) is 0 Å². The number of rotatable bonds is 13. The monoisotopic (exact) mass is 468 g/mol. The third kappa shape index (κ3) is 8.52. The number of hydrogen-bond acceptors (Lipinski definition) is 1. The van der Waals surface area contributed by atoms with Crippen molar-refractivity contribution < 1.29 is 5.11 Å². The van der Waals surface area contributed by atoms with Crippen molar-refractivity contribution in [3.05, 3.63) is 0 Å². The summed E-state index contributed by atoms with van der Waals surface area (Å²) >= 11 is 1.82. The van der Waals surface area contributed by atoms with Crippen LogP contribution in [0.2, 0.25) is 19.6 Å². The molecule has 116 valence electrons. The number of aliphatic hydroxyl groups excluding tert-OH is 1. The van der Waals surface area contributed by atoms with Crippen LogP contribution < -0.4 is 0 Å². The van der Waals surface area contributed by atoms with Gasteiger partial charge in [-0.25, -0.2) is 0 Å². The van der Waals surface area contributed by atoms with Gasteiger partial charge in [-0.2, -0.15) is 0 Å². The fourth-order valence-corrected chi connectivity index (χ4v) is 11.3. The Morgan fingerprint density at radius 1 is 0.789 bits per heavy atom. The fraction of sp³-hybridized carbons (Fsp3) is 1.00. The van der Waals surface area contributed by atoms with Crippen molar-refractivity contribution in [3.63, 3.8) is 0 Å². The van der Waals surface area contributed by atoms with E-state index in [2.05, 4.69) is 24.4 Å². The summed E-state index contributed by atoms with van der Waals surface area (Å²) in [5.74, 6) is 6.96. The molecule has 1 nitrogen and oxygen atoms in total. The van der Waals surface area contributed by atoms with Crippen molar-refractivity contribution >= 4 is 44.9 Å². The Morgan fingerprint density at radius 2 is 1.21 bits per heavy atom. The number of unbranched alkanes of at least 4 members (excludes halogenated alkanes) is 7. The van der Waals surface area contributed by atoms with E-state index >= 15 is 0 Å². The molecule has 0 aromatic carbocycles. The van der Waals surface area contributed by atoms with E-state index in [1.54, 1.807) is 0 Å². The molecule has 0 saturated carbocycles. The summed E-state index contributed by atoms with van der Waals surface area (Å²) < 4.78 is 0.369. The zero-order valence-corrected chi connectivity index (χ0v) is 18.3. The first-order chi connectivity index (χ1) is 9.16. The molecular weight excluding hydrogens is 433 g/mol. The van der Waals surface area contributed by atoms with Crippen molar-refractivity contribution in [1.82, 2.24) is 0 Å². The van der Waals surface area contributed by atoms with Crippen molar-refractivity contribution in [2.24, 2.45) is 0 Å². The third-order valence-corrected chi connectivity index (χ3v) is 19.8. The van der Waals surface area contributed by atoms with Crippen LogP contribution >= 0.6 is 0 Å². The summed E-state index contributed by atoms with van der Waals surface area (Å²) in [6.07, 6.45) is 11.9. The number of aliphatic hydroxyl groups is 1. The third-order valence-electron chi connectivity index (χ3n) is 3.59. The van der Waals surface area contributed by atoms with E-state index in [1.807, 2.05) is 0 Å². The maximum atomic E-state index is 10.5. The summed E-state index contributed by atoms with van der Waals surface area (Å²) in [5, 5.41) is 10.5. The molecule has 0 aliphatic rings. The molecule has 0 aromatic rings. The van der Waals surface area contributed by atoms with Gasteiger partial charge in [0.2, 0.25) is 0 Å². The Kier molecular flexibility index (Phi) is 14.3. The fourth-order valence-electron chi connectivity index (χ4n) is 2.31. The molecule has 19 heavy (non-hydrogen) atoms. The van der Waals surface area contributed by atoms with Gasteiger partial charge in [-0.1, -0.05) is 0 Å². The average Bonchev–Trinajstić information content (AvgIpc) is 2.44. The molecule has 1 N–H and O–H groups in total. The molecule has 1 atom stereocenters. The van der Waals surface area contributed by atoms with Crippen LogP contribution in [0.3, 0.4) is 0 Å². The molecule has 0 aliphatic heterocycles. The van der Waals surface area contributed by atoms with Crippen LogP contribution in [-0.4, -0.2) is 56.1 Å². The molecule has 0 spiro atoms. The summed E-state index contributed by atoms with van der Waals surface area (Å²) in [4.78, 5) is 0.